The summed E-state index contributed by atoms with van der Waals surface area (Å²) in [5, 5.41) is 2.41. The zero-order valence-electron chi connectivity index (χ0n) is 13.3. The summed E-state index contributed by atoms with van der Waals surface area (Å²) in [7, 11) is 1.45. The van der Waals surface area contributed by atoms with Gasteiger partial charge in [-0.15, -0.1) is 0 Å². The third-order valence-electron chi connectivity index (χ3n) is 3.51. The van der Waals surface area contributed by atoms with Gasteiger partial charge in [-0.25, -0.2) is 4.39 Å². The van der Waals surface area contributed by atoms with E-state index in [1.807, 2.05) is 0 Å². The average Bonchev–Trinajstić information content (AvgIpc) is 2.53. The fraction of sp³-hybridized carbons (Fsp3) is 0.176. The number of nitrogens with one attached hydrogen (secondary N) is 1. The number of rotatable bonds is 3. The van der Waals surface area contributed by atoms with Crippen molar-refractivity contribution in [1.82, 2.24) is 0 Å². The van der Waals surface area contributed by atoms with Crippen molar-refractivity contribution in [2.45, 2.75) is 13.1 Å². The predicted octanol–water partition coefficient (Wildman–Crippen LogP) is 4.08. The van der Waals surface area contributed by atoms with Crippen LogP contribution in [0, 0.1) is 5.82 Å². The second-order valence-electron chi connectivity index (χ2n) is 5.27. The van der Waals surface area contributed by atoms with Crippen LogP contribution >= 0.6 is 0 Å². The highest BCUT2D eigenvalue weighted by Crippen LogP contribution is 2.30. The molecule has 0 radical (unpaired) electrons. The minimum Gasteiger partial charge on any atom is -0.320 e. The molecule has 2 amide bonds. The average molecular weight is 354 g/mol. The van der Waals surface area contributed by atoms with Crippen LogP contribution in [-0.4, -0.2) is 18.9 Å². The number of amides is 2. The predicted molar refractivity (Wildman–Crippen MR) is 84.9 cm³/mol. The van der Waals surface area contributed by atoms with Gasteiger partial charge in [0.05, 0.1) is 16.9 Å². The standard InChI is InChI=1S/C17H14F4N2O2/c1-10(24)23(2)15-8-7-13(18)9-14(15)22-16(25)11-3-5-12(6-4-11)17(19,20)21/h3-9H,1-2H3,(H,22,25). The van der Waals surface area contributed by atoms with Gasteiger partial charge >= 0.3 is 6.18 Å². The lowest BCUT2D eigenvalue weighted by Gasteiger charge is -2.19. The maximum atomic E-state index is 13.5. The fourth-order valence-electron chi connectivity index (χ4n) is 2.08. The Morgan fingerprint density at radius 2 is 1.64 bits per heavy atom. The van der Waals surface area contributed by atoms with Crippen molar-refractivity contribution >= 4 is 23.2 Å². The van der Waals surface area contributed by atoms with Crippen molar-refractivity contribution < 1.29 is 27.2 Å². The van der Waals surface area contributed by atoms with E-state index in [1.165, 1.54) is 24.9 Å². The molecule has 8 heteroatoms. The highest BCUT2D eigenvalue weighted by molar-refractivity contribution is 6.07. The number of halogens is 4. The van der Waals surface area contributed by atoms with Crippen LogP contribution in [0.5, 0.6) is 0 Å². The zero-order chi connectivity index (χ0) is 18.8. The molecule has 0 aliphatic heterocycles. The largest absolute Gasteiger partial charge is 0.416 e. The second-order valence-corrected chi connectivity index (χ2v) is 5.27. The minimum atomic E-state index is -4.51. The number of alkyl halides is 3. The Morgan fingerprint density at radius 1 is 1.04 bits per heavy atom. The van der Waals surface area contributed by atoms with Gasteiger partial charge in [0.25, 0.3) is 5.91 Å². The molecule has 2 rings (SSSR count). The molecule has 1 N–H and O–H groups in total. The van der Waals surface area contributed by atoms with E-state index in [0.717, 1.165) is 36.4 Å². The molecule has 0 aromatic heterocycles. The van der Waals surface area contributed by atoms with Crippen molar-refractivity contribution in [2.75, 3.05) is 17.3 Å². The maximum absolute atomic E-state index is 13.5. The van der Waals surface area contributed by atoms with Crippen LogP contribution in [0.3, 0.4) is 0 Å². The number of nitrogens with zero attached hydrogens (tertiary/aromatic N) is 1. The lowest BCUT2D eigenvalue weighted by molar-refractivity contribution is -0.137. The Bertz CT molecular complexity index is 801. The van der Waals surface area contributed by atoms with Gasteiger partial charge in [0.1, 0.15) is 5.82 Å². The molecule has 132 valence electrons. The summed E-state index contributed by atoms with van der Waals surface area (Å²) in [6, 6.07) is 7.07. The van der Waals surface area contributed by atoms with E-state index in [-0.39, 0.29) is 22.8 Å². The van der Waals surface area contributed by atoms with E-state index in [0.29, 0.717) is 0 Å². The minimum absolute atomic E-state index is 0.0302. The van der Waals surface area contributed by atoms with Crippen LogP contribution in [0.15, 0.2) is 42.5 Å². The Hall–Kier alpha value is -2.90. The Labute approximate surface area is 141 Å². The van der Waals surface area contributed by atoms with Crippen LogP contribution in [0.2, 0.25) is 0 Å². The summed E-state index contributed by atoms with van der Waals surface area (Å²) in [5.74, 6) is -1.70. The SMILES string of the molecule is CC(=O)N(C)c1ccc(F)cc1NC(=O)c1ccc(C(F)(F)F)cc1. The molecule has 0 saturated heterocycles. The van der Waals surface area contributed by atoms with Gasteiger partial charge in [0.2, 0.25) is 5.91 Å². The van der Waals surface area contributed by atoms with Crippen LogP contribution in [0.1, 0.15) is 22.8 Å². The fourth-order valence-corrected chi connectivity index (χ4v) is 2.08. The van der Waals surface area contributed by atoms with Gasteiger partial charge < -0.3 is 10.2 Å². The summed E-state index contributed by atoms with van der Waals surface area (Å²) in [6.07, 6.45) is -4.51. The first-order chi connectivity index (χ1) is 11.6. The lowest BCUT2D eigenvalue weighted by atomic mass is 10.1. The molecule has 0 unspecified atom stereocenters. The van der Waals surface area contributed by atoms with Crippen molar-refractivity contribution in [3.8, 4) is 0 Å². The number of hydrogen-bond donors (Lipinski definition) is 1. The molecule has 0 bridgehead atoms. The molecule has 0 saturated carbocycles. The summed E-state index contributed by atoms with van der Waals surface area (Å²) in [4.78, 5) is 24.9. The smallest absolute Gasteiger partial charge is 0.320 e. The summed E-state index contributed by atoms with van der Waals surface area (Å²) in [6.45, 7) is 1.30. The molecule has 0 heterocycles. The van der Waals surface area contributed by atoms with Crippen LogP contribution < -0.4 is 10.2 Å². The van der Waals surface area contributed by atoms with E-state index in [1.54, 1.807) is 0 Å². The quantitative estimate of drug-likeness (QED) is 0.845. The van der Waals surface area contributed by atoms with E-state index in [9.17, 15) is 27.2 Å². The van der Waals surface area contributed by atoms with Gasteiger partial charge in [0, 0.05) is 19.5 Å². The first kappa shape index (κ1) is 18.4. The highest BCUT2D eigenvalue weighted by Gasteiger charge is 2.30. The number of hydrogen-bond acceptors (Lipinski definition) is 2. The molecule has 25 heavy (non-hydrogen) atoms. The molecule has 0 fully saturated rings. The van der Waals surface area contributed by atoms with Crippen molar-refractivity contribution in [1.29, 1.82) is 0 Å². The Kier molecular flexibility index (Phi) is 5.10. The third kappa shape index (κ3) is 4.34. The molecule has 0 aliphatic carbocycles. The lowest BCUT2D eigenvalue weighted by Crippen LogP contribution is -2.25. The van der Waals surface area contributed by atoms with E-state index in [4.69, 9.17) is 0 Å². The van der Waals surface area contributed by atoms with E-state index in [2.05, 4.69) is 5.32 Å². The van der Waals surface area contributed by atoms with Crippen molar-refractivity contribution in [3.05, 3.63) is 59.4 Å². The van der Waals surface area contributed by atoms with Gasteiger partial charge in [-0.05, 0) is 42.5 Å². The monoisotopic (exact) mass is 354 g/mol. The Morgan fingerprint density at radius 3 is 2.16 bits per heavy atom. The molecule has 0 aliphatic rings. The summed E-state index contributed by atoms with van der Waals surface area (Å²) in [5.41, 5.74) is -0.628. The zero-order valence-corrected chi connectivity index (χ0v) is 13.3. The van der Waals surface area contributed by atoms with Gasteiger partial charge in [0.15, 0.2) is 0 Å². The van der Waals surface area contributed by atoms with E-state index < -0.39 is 23.5 Å². The first-order valence-corrected chi connectivity index (χ1v) is 7.12. The highest BCUT2D eigenvalue weighted by atomic mass is 19.4. The van der Waals surface area contributed by atoms with Crippen LogP contribution in [0.4, 0.5) is 28.9 Å². The number of carbonyl (C=O) groups is 2. The number of carbonyl (C=O) groups excluding carboxylic acids is 2. The normalized spacial score (nSPS) is 11.1. The van der Waals surface area contributed by atoms with E-state index >= 15 is 0 Å². The number of benzene rings is 2. The van der Waals surface area contributed by atoms with Gasteiger partial charge in [-0.2, -0.15) is 13.2 Å². The molecule has 2 aromatic rings. The van der Waals surface area contributed by atoms with Gasteiger partial charge in [-0.1, -0.05) is 0 Å². The Balaban J connectivity index is 2.28. The van der Waals surface area contributed by atoms with Crippen molar-refractivity contribution in [2.24, 2.45) is 0 Å². The number of anilines is 2. The molecular weight excluding hydrogens is 340 g/mol. The molecular formula is C17H14F4N2O2. The molecule has 4 nitrogen and oxygen atoms in total. The summed E-state index contributed by atoms with van der Waals surface area (Å²) < 4.78 is 51.1. The molecule has 0 atom stereocenters. The molecule has 2 aromatic carbocycles. The van der Waals surface area contributed by atoms with Crippen LogP contribution in [-0.2, 0) is 11.0 Å². The van der Waals surface area contributed by atoms with Crippen LogP contribution in [0.25, 0.3) is 0 Å². The second kappa shape index (κ2) is 6.92. The third-order valence-corrected chi connectivity index (χ3v) is 3.51. The summed E-state index contributed by atoms with van der Waals surface area (Å²) >= 11 is 0. The maximum Gasteiger partial charge on any atom is 0.416 e. The van der Waals surface area contributed by atoms with Gasteiger partial charge in [-0.3, -0.25) is 9.59 Å². The van der Waals surface area contributed by atoms with Crippen molar-refractivity contribution in [3.63, 3.8) is 0 Å². The first-order valence-electron chi connectivity index (χ1n) is 7.12. The molecule has 0 spiro atoms. The topological polar surface area (TPSA) is 49.4 Å².